The Morgan fingerprint density at radius 1 is 1.30 bits per heavy atom. The van der Waals surface area contributed by atoms with Crippen molar-refractivity contribution in [1.29, 1.82) is 0 Å². The molecule has 2 aromatic rings. The van der Waals surface area contributed by atoms with E-state index in [0.29, 0.717) is 0 Å². The van der Waals surface area contributed by atoms with Crippen molar-refractivity contribution < 1.29 is 0 Å². The number of hydrogen-bond donors (Lipinski definition) is 1. The van der Waals surface area contributed by atoms with E-state index in [2.05, 4.69) is 50.1 Å². The maximum atomic E-state index is 4.68. The van der Waals surface area contributed by atoms with Crippen LogP contribution in [-0.4, -0.2) is 52.2 Å². The predicted molar refractivity (Wildman–Crippen MR) is 83.0 cm³/mol. The second-order valence-electron chi connectivity index (χ2n) is 6.00. The van der Waals surface area contributed by atoms with Gasteiger partial charge in [-0.3, -0.25) is 4.90 Å². The number of aromatic nitrogens is 3. The molecule has 0 bridgehead atoms. The molecule has 0 amide bonds. The summed E-state index contributed by atoms with van der Waals surface area (Å²) in [6.45, 7) is 9.78. The van der Waals surface area contributed by atoms with Gasteiger partial charge in [-0.1, -0.05) is 13.8 Å². The van der Waals surface area contributed by atoms with Gasteiger partial charge in [0, 0.05) is 48.8 Å². The topological polar surface area (TPSA) is 45.5 Å². The fourth-order valence-electron chi connectivity index (χ4n) is 2.64. The summed E-state index contributed by atoms with van der Waals surface area (Å²) in [4.78, 5) is 7.16. The highest BCUT2D eigenvalue weighted by atomic mass is 79.9. The highest BCUT2D eigenvalue weighted by Gasteiger charge is 2.29. The zero-order valence-electron chi connectivity index (χ0n) is 11.9. The van der Waals surface area contributed by atoms with Gasteiger partial charge in [0.05, 0.1) is 0 Å². The Morgan fingerprint density at radius 2 is 2.05 bits per heavy atom. The molecule has 1 N–H and O–H groups in total. The first-order valence-corrected chi connectivity index (χ1v) is 7.79. The number of hydrogen-bond acceptors (Lipinski definition) is 4. The summed E-state index contributed by atoms with van der Waals surface area (Å²) in [6, 6.07) is 3.98. The quantitative estimate of drug-likeness (QED) is 0.925. The summed E-state index contributed by atoms with van der Waals surface area (Å²) in [5, 5.41) is 8.03. The van der Waals surface area contributed by atoms with E-state index < -0.39 is 0 Å². The fraction of sp³-hybridized carbons (Fsp3) is 0.571. The van der Waals surface area contributed by atoms with Crippen LogP contribution in [0.4, 0.5) is 0 Å². The van der Waals surface area contributed by atoms with Gasteiger partial charge in [-0.15, -0.1) is 0 Å². The molecule has 1 saturated heterocycles. The van der Waals surface area contributed by atoms with Crippen LogP contribution in [-0.2, 0) is 5.41 Å². The van der Waals surface area contributed by atoms with E-state index in [4.69, 9.17) is 0 Å². The van der Waals surface area contributed by atoms with Gasteiger partial charge in [-0.2, -0.15) is 5.10 Å². The molecule has 3 heterocycles. The highest BCUT2D eigenvalue weighted by Crippen LogP contribution is 2.22. The number of fused-ring (bicyclic) bond motifs is 1. The van der Waals surface area contributed by atoms with Crippen molar-refractivity contribution >= 4 is 21.6 Å². The Labute approximate surface area is 127 Å². The Balaban J connectivity index is 1.83. The van der Waals surface area contributed by atoms with E-state index in [9.17, 15) is 0 Å². The Morgan fingerprint density at radius 3 is 2.80 bits per heavy atom. The van der Waals surface area contributed by atoms with Crippen LogP contribution in [0.5, 0.6) is 0 Å². The first-order chi connectivity index (χ1) is 9.54. The number of rotatable bonds is 3. The van der Waals surface area contributed by atoms with E-state index >= 15 is 0 Å². The highest BCUT2D eigenvalue weighted by molar-refractivity contribution is 9.10. The summed E-state index contributed by atoms with van der Waals surface area (Å²) in [6.07, 6.45) is 1.95. The van der Waals surface area contributed by atoms with E-state index in [1.54, 1.807) is 0 Å². The molecule has 0 aliphatic carbocycles. The van der Waals surface area contributed by atoms with Crippen molar-refractivity contribution in [2.75, 3.05) is 32.7 Å². The van der Waals surface area contributed by atoms with Crippen molar-refractivity contribution in [2.45, 2.75) is 19.3 Å². The molecule has 1 fully saturated rings. The van der Waals surface area contributed by atoms with E-state index in [1.165, 1.54) is 0 Å². The molecule has 6 heteroatoms. The number of piperazine rings is 1. The lowest BCUT2D eigenvalue weighted by Gasteiger charge is -2.33. The second kappa shape index (κ2) is 5.42. The van der Waals surface area contributed by atoms with Crippen LogP contribution in [0.2, 0.25) is 0 Å². The van der Waals surface area contributed by atoms with Crippen molar-refractivity contribution in [2.24, 2.45) is 0 Å². The fourth-order valence-corrected chi connectivity index (χ4v) is 2.97. The van der Waals surface area contributed by atoms with Crippen LogP contribution in [0.25, 0.3) is 5.65 Å². The minimum Gasteiger partial charge on any atom is -0.314 e. The molecule has 1 aliphatic heterocycles. The molecule has 2 aromatic heterocycles. The summed E-state index contributed by atoms with van der Waals surface area (Å²) < 4.78 is 2.86. The van der Waals surface area contributed by atoms with Crippen molar-refractivity contribution in [3.8, 4) is 0 Å². The monoisotopic (exact) mass is 337 g/mol. The molecule has 0 atom stereocenters. The summed E-state index contributed by atoms with van der Waals surface area (Å²) in [5.74, 6) is 0.911. The molecular weight excluding hydrogens is 318 g/mol. The SMILES string of the molecule is CC(C)(CN1CCNCC1)c1nc2ccc(Br)cn2n1. The molecule has 0 saturated carbocycles. The largest absolute Gasteiger partial charge is 0.314 e. The van der Waals surface area contributed by atoms with Crippen molar-refractivity contribution in [3.63, 3.8) is 0 Å². The molecule has 20 heavy (non-hydrogen) atoms. The van der Waals surface area contributed by atoms with Crippen LogP contribution in [0, 0.1) is 0 Å². The summed E-state index contributed by atoms with van der Waals surface area (Å²) in [5.41, 5.74) is 0.854. The van der Waals surface area contributed by atoms with Gasteiger partial charge in [0.2, 0.25) is 0 Å². The number of nitrogens with zero attached hydrogens (tertiary/aromatic N) is 4. The molecule has 0 spiro atoms. The maximum Gasteiger partial charge on any atom is 0.158 e. The van der Waals surface area contributed by atoms with Crippen LogP contribution >= 0.6 is 15.9 Å². The average molecular weight is 338 g/mol. The maximum absolute atomic E-state index is 4.68. The molecule has 0 aromatic carbocycles. The molecule has 0 unspecified atom stereocenters. The van der Waals surface area contributed by atoms with Gasteiger partial charge < -0.3 is 5.32 Å². The van der Waals surface area contributed by atoms with E-state index in [1.807, 2.05) is 22.8 Å². The Kier molecular flexibility index (Phi) is 3.79. The van der Waals surface area contributed by atoms with Crippen LogP contribution in [0.1, 0.15) is 19.7 Å². The first-order valence-electron chi connectivity index (χ1n) is 7.00. The van der Waals surface area contributed by atoms with Gasteiger partial charge in [0.25, 0.3) is 0 Å². The average Bonchev–Trinajstić information content (AvgIpc) is 2.83. The van der Waals surface area contributed by atoms with Gasteiger partial charge in [0.1, 0.15) is 0 Å². The van der Waals surface area contributed by atoms with Crippen LogP contribution in [0.3, 0.4) is 0 Å². The second-order valence-corrected chi connectivity index (χ2v) is 6.91. The third-order valence-electron chi connectivity index (χ3n) is 3.73. The Hall–Kier alpha value is -0.980. The standard InChI is InChI=1S/C14H20BrN5/c1-14(2,10-19-7-5-16-6-8-19)13-17-12-4-3-11(15)9-20(12)18-13/h3-4,9,16H,5-8,10H2,1-2H3. The minimum atomic E-state index is -0.0458. The zero-order chi connectivity index (χ0) is 14.2. The van der Waals surface area contributed by atoms with Crippen LogP contribution in [0.15, 0.2) is 22.8 Å². The predicted octanol–water partition coefficient (Wildman–Crippen LogP) is 1.67. The molecule has 5 nitrogen and oxygen atoms in total. The smallest absolute Gasteiger partial charge is 0.158 e. The minimum absolute atomic E-state index is 0.0458. The zero-order valence-corrected chi connectivity index (χ0v) is 13.5. The molecule has 108 valence electrons. The van der Waals surface area contributed by atoms with E-state index in [-0.39, 0.29) is 5.41 Å². The first kappa shape index (κ1) is 14.0. The lowest BCUT2D eigenvalue weighted by molar-refractivity contribution is 0.196. The molecular formula is C14H20BrN5. The van der Waals surface area contributed by atoms with E-state index in [0.717, 1.165) is 48.7 Å². The molecule has 1 aliphatic rings. The third kappa shape index (κ3) is 2.87. The van der Waals surface area contributed by atoms with Crippen molar-refractivity contribution in [3.05, 3.63) is 28.6 Å². The van der Waals surface area contributed by atoms with Gasteiger partial charge in [-0.25, -0.2) is 9.50 Å². The van der Waals surface area contributed by atoms with Crippen molar-refractivity contribution in [1.82, 2.24) is 24.8 Å². The summed E-state index contributed by atoms with van der Waals surface area (Å²) >= 11 is 3.47. The molecule has 0 radical (unpaired) electrons. The Bertz CT molecular complexity index is 601. The van der Waals surface area contributed by atoms with Gasteiger partial charge in [0.15, 0.2) is 11.5 Å². The number of nitrogens with one attached hydrogen (secondary N) is 1. The van der Waals surface area contributed by atoms with Gasteiger partial charge >= 0.3 is 0 Å². The number of halogens is 1. The number of pyridine rings is 1. The van der Waals surface area contributed by atoms with Crippen LogP contribution < -0.4 is 5.32 Å². The lowest BCUT2D eigenvalue weighted by Crippen LogP contribution is -2.48. The summed E-state index contributed by atoms with van der Waals surface area (Å²) in [7, 11) is 0. The third-order valence-corrected chi connectivity index (χ3v) is 4.20. The lowest BCUT2D eigenvalue weighted by atomic mass is 9.91. The normalized spacial score (nSPS) is 17.8. The molecule has 3 rings (SSSR count). The van der Waals surface area contributed by atoms with Gasteiger partial charge in [-0.05, 0) is 28.1 Å².